The SMILES string of the molecule is CCOc1ccc(C(=O)c2oc3ccccc3c2NC(=O)c2ccc(Br)cc2)cc1Cl. The lowest BCUT2D eigenvalue weighted by Crippen LogP contribution is -2.14. The topological polar surface area (TPSA) is 68.5 Å². The first-order chi connectivity index (χ1) is 15.0. The molecule has 31 heavy (non-hydrogen) atoms. The lowest BCUT2D eigenvalue weighted by Gasteiger charge is -2.08. The Bertz CT molecular complexity index is 1280. The summed E-state index contributed by atoms with van der Waals surface area (Å²) in [6.45, 7) is 2.31. The largest absolute Gasteiger partial charge is 0.492 e. The second kappa shape index (κ2) is 8.96. The minimum Gasteiger partial charge on any atom is -0.492 e. The van der Waals surface area contributed by atoms with Crippen LogP contribution in [0.25, 0.3) is 11.0 Å². The van der Waals surface area contributed by atoms with Crippen molar-refractivity contribution >= 4 is 55.9 Å². The van der Waals surface area contributed by atoms with E-state index in [1.165, 1.54) is 6.07 Å². The van der Waals surface area contributed by atoms with E-state index < -0.39 is 5.78 Å². The average Bonchev–Trinajstić information content (AvgIpc) is 3.13. The quantitative estimate of drug-likeness (QED) is 0.299. The first kappa shape index (κ1) is 21.2. The molecule has 0 aliphatic rings. The minimum atomic E-state index is -0.396. The Morgan fingerprint density at radius 3 is 2.45 bits per heavy atom. The highest BCUT2D eigenvalue weighted by molar-refractivity contribution is 9.10. The van der Waals surface area contributed by atoms with Gasteiger partial charge in [0.2, 0.25) is 5.78 Å². The molecular formula is C24H17BrClNO4. The summed E-state index contributed by atoms with van der Waals surface area (Å²) in [6.07, 6.45) is 0. The molecule has 1 amide bonds. The molecule has 0 atom stereocenters. The zero-order chi connectivity index (χ0) is 22.0. The summed E-state index contributed by atoms with van der Waals surface area (Å²) in [5.74, 6) is -0.217. The van der Waals surface area contributed by atoms with Crippen molar-refractivity contribution < 1.29 is 18.7 Å². The summed E-state index contributed by atoms with van der Waals surface area (Å²) in [5, 5.41) is 3.80. The Morgan fingerprint density at radius 2 is 1.74 bits per heavy atom. The van der Waals surface area contributed by atoms with Gasteiger partial charge in [0.25, 0.3) is 5.91 Å². The monoisotopic (exact) mass is 497 g/mol. The van der Waals surface area contributed by atoms with Crippen LogP contribution in [-0.2, 0) is 0 Å². The molecule has 1 N–H and O–H groups in total. The van der Waals surface area contributed by atoms with Crippen LogP contribution in [0.2, 0.25) is 5.02 Å². The maximum Gasteiger partial charge on any atom is 0.255 e. The number of hydrogen-bond donors (Lipinski definition) is 1. The smallest absolute Gasteiger partial charge is 0.255 e. The van der Waals surface area contributed by atoms with E-state index in [-0.39, 0.29) is 11.7 Å². The van der Waals surface area contributed by atoms with Gasteiger partial charge in [-0.1, -0.05) is 39.7 Å². The van der Waals surface area contributed by atoms with Crippen LogP contribution in [0.4, 0.5) is 5.69 Å². The van der Waals surface area contributed by atoms with E-state index in [0.29, 0.717) is 45.2 Å². The van der Waals surface area contributed by atoms with Crippen molar-refractivity contribution in [3.63, 3.8) is 0 Å². The molecule has 0 aliphatic carbocycles. The van der Waals surface area contributed by atoms with Crippen LogP contribution in [0, 0.1) is 0 Å². The standard InChI is InChI=1S/C24H17BrClNO4/c1-2-30-20-12-9-15(13-18(20)26)22(28)23-21(17-5-3-4-6-19(17)31-23)27-24(29)14-7-10-16(25)11-8-14/h3-13H,2H2,1H3,(H,27,29). The third-order valence-electron chi connectivity index (χ3n) is 4.64. The number of nitrogens with one attached hydrogen (secondary N) is 1. The van der Waals surface area contributed by atoms with Crippen LogP contribution in [-0.4, -0.2) is 18.3 Å². The van der Waals surface area contributed by atoms with Gasteiger partial charge in [0, 0.05) is 21.0 Å². The van der Waals surface area contributed by atoms with Gasteiger partial charge in [0.05, 0.1) is 17.3 Å². The van der Waals surface area contributed by atoms with Gasteiger partial charge in [0.1, 0.15) is 11.3 Å². The number of amides is 1. The maximum atomic E-state index is 13.3. The number of hydrogen-bond acceptors (Lipinski definition) is 4. The third kappa shape index (κ3) is 4.36. The van der Waals surface area contributed by atoms with Gasteiger partial charge in [-0.15, -0.1) is 0 Å². The minimum absolute atomic E-state index is 0.0342. The number of fused-ring (bicyclic) bond motifs is 1. The summed E-state index contributed by atoms with van der Waals surface area (Å²) < 4.78 is 12.1. The molecule has 7 heteroatoms. The predicted molar refractivity (Wildman–Crippen MR) is 124 cm³/mol. The van der Waals surface area contributed by atoms with Gasteiger partial charge in [-0.3, -0.25) is 9.59 Å². The van der Waals surface area contributed by atoms with Crippen molar-refractivity contribution in [2.45, 2.75) is 6.92 Å². The molecule has 0 fully saturated rings. The van der Waals surface area contributed by atoms with Crippen LogP contribution < -0.4 is 10.1 Å². The molecule has 156 valence electrons. The number of ether oxygens (including phenoxy) is 1. The van der Waals surface area contributed by atoms with Crippen molar-refractivity contribution in [2.24, 2.45) is 0 Å². The molecule has 0 radical (unpaired) electrons. The molecule has 1 heterocycles. The fraction of sp³-hybridized carbons (Fsp3) is 0.0833. The molecule has 0 saturated heterocycles. The van der Waals surface area contributed by atoms with Gasteiger partial charge >= 0.3 is 0 Å². The summed E-state index contributed by atoms with van der Waals surface area (Å²) >= 11 is 9.61. The average molecular weight is 499 g/mol. The molecule has 0 bridgehead atoms. The Balaban J connectivity index is 1.74. The highest BCUT2D eigenvalue weighted by Gasteiger charge is 2.24. The number of ketones is 1. The van der Waals surface area contributed by atoms with Crippen LogP contribution in [0.5, 0.6) is 5.75 Å². The van der Waals surface area contributed by atoms with E-state index in [1.807, 2.05) is 13.0 Å². The first-order valence-electron chi connectivity index (χ1n) is 9.53. The van der Waals surface area contributed by atoms with Crippen molar-refractivity contribution in [3.8, 4) is 5.75 Å². The normalized spacial score (nSPS) is 10.8. The molecule has 0 aliphatic heterocycles. The number of rotatable bonds is 6. The maximum absolute atomic E-state index is 13.3. The van der Waals surface area contributed by atoms with E-state index in [4.69, 9.17) is 20.8 Å². The Hall–Kier alpha value is -3.09. The number of furan rings is 1. The Kier molecular flexibility index (Phi) is 6.11. The van der Waals surface area contributed by atoms with Crippen LogP contribution in [0.3, 0.4) is 0 Å². The van der Waals surface area contributed by atoms with Crippen molar-refractivity contribution in [1.82, 2.24) is 0 Å². The molecule has 0 spiro atoms. The van der Waals surface area contributed by atoms with E-state index in [2.05, 4.69) is 21.2 Å². The van der Waals surface area contributed by atoms with Gasteiger partial charge in [0.15, 0.2) is 5.76 Å². The van der Waals surface area contributed by atoms with Crippen molar-refractivity contribution in [2.75, 3.05) is 11.9 Å². The number of carbonyl (C=O) groups excluding carboxylic acids is 2. The first-order valence-corrected chi connectivity index (χ1v) is 10.7. The molecule has 5 nitrogen and oxygen atoms in total. The number of anilines is 1. The molecule has 4 rings (SSSR count). The molecular weight excluding hydrogens is 482 g/mol. The summed E-state index contributed by atoms with van der Waals surface area (Å²) in [5.41, 5.74) is 1.59. The lowest BCUT2D eigenvalue weighted by molar-refractivity contribution is 0.101. The van der Waals surface area contributed by atoms with Crippen molar-refractivity contribution in [1.29, 1.82) is 0 Å². The highest BCUT2D eigenvalue weighted by atomic mass is 79.9. The van der Waals surface area contributed by atoms with Gasteiger partial charge in [-0.05, 0) is 61.5 Å². The van der Waals surface area contributed by atoms with Gasteiger partial charge < -0.3 is 14.5 Å². The van der Waals surface area contributed by atoms with Gasteiger partial charge in [-0.2, -0.15) is 0 Å². The molecule has 4 aromatic rings. The van der Waals surface area contributed by atoms with E-state index >= 15 is 0 Å². The van der Waals surface area contributed by atoms with Crippen LogP contribution >= 0.6 is 27.5 Å². The molecule has 3 aromatic carbocycles. The summed E-state index contributed by atoms with van der Waals surface area (Å²) in [4.78, 5) is 26.1. The van der Waals surface area contributed by atoms with E-state index in [1.54, 1.807) is 54.6 Å². The third-order valence-corrected chi connectivity index (χ3v) is 5.46. The van der Waals surface area contributed by atoms with E-state index in [0.717, 1.165) is 4.47 Å². The highest BCUT2D eigenvalue weighted by Crippen LogP contribution is 2.34. The zero-order valence-corrected chi connectivity index (χ0v) is 18.8. The number of para-hydroxylation sites is 1. The second-order valence-electron chi connectivity index (χ2n) is 6.67. The van der Waals surface area contributed by atoms with Crippen molar-refractivity contribution in [3.05, 3.63) is 93.1 Å². The molecule has 1 aromatic heterocycles. The lowest BCUT2D eigenvalue weighted by atomic mass is 10.1. The van der Waals surface area contributed by atoms with E-state index in [9.17, 15) is 9.59 Å². The Labute approximate surface area is 192 Å². The number of benzene rings is 3. The Morgan fingerprint density at radius 1 is 1.03 bits per heavy atom. The summed E-state index contributed by atoms with van der Waals surface area (Å²) in [6, 6.07) is 18.9. The number of carbonyl (C=O) groups is 2. The summed E-state index contributed by atoms with van der Waals surface area (Å²) in [7, 11) is 0. The fourth-order valence-electron chi connectivity index (χ4n) is 3.16. The predicted octanol–water partition coefficient (Wildman–Crippen LogP) is 6.73. The van der Waals surface area contributed by atoms with Gasteiger partial charge in [-0.25, -0.2) is 0 Å². The zero-order valence-electron chi connectivity index (χ0n) is 16.4. The van der Waals surface area contributed by atoms with Crippen LogP contribution in [0.15, 0.2) is 75.6 Å². The molecule has 0 unspecified atom stereocenters. The number of halogens is 2. The second-order valence-corrected chi connectivity index (χ2v) is 7.99. The molecule has 0 saturated carbocycles. The fourth-order valence-corrected chi connectivity index (χ4v) is 3.66. The van der Waals surface area contributed by atoms with Crippen LogP contribution in [0.1, 0.15) is 33.4 Å².